The van der Waals surface area contributed by atoms with Crippen molar-refractivity contribution >= 4 is 5.84 Å². The van der Waals surface area contributed by atoms with Gasteiger partial charge < -0.3 is 0 Å². The van der Waals surface area contributed by atoms with Crippen LogP contribution in [0.1, 0.15) is 0 Å². The Bertz CT molecular complexity index is 120. The number of hydrogen-bond donors (Lipinski definition) is 2. The van der Waals surface area contributed by atoms with E-state index in [4.69, 9.17) is 5.26 Å². The summed E-state index contributed by atoms with van der Waals surface area (Å²) in [6.07, 6.45) is 0. The van der Waals surface area contributed by atoms with Crippen LogP contribution in [0.3, 0.4) is 0 Å². The van der Waals surface area contributed by atoms with Gasteiger partial charge >= 0.3 is 0 Å². The molecule has 0 heterocycles. The Labute approximate surface area is 48.2 Å². The molecule has 0 fully saturated rings. The third kappa shape index (κ3) is 2.16. The first kappa shape index (κ1) is 6.92. The second-order valence-electron chi connectivity index (χ2n) is 1.06. The molecule has 4 nitrogen and oxygen atoms in total. The summed E-state index contributed by atoms with van der Waals surface area (Å²) in [5.41, 5.74) is 5.09. The molecule has 0 aliphatic carbocycles. The van der Waals surface area contributed by atoms with Crippen LogP contribution in [-0.4, -0.2) is 19.9 Å². The molecule has 0 aromatic heterocycles. The lowest BCUT2D eigenvalue weighted by Crippen LogP contribution is -2.33. The molecule has 0 aromatic rings. The fourth-order valence-electron chi connectivity index (χ4n) is 0.252. The fraction of sp³-hybridized carbons (Fsp3) is 0.500. The molecular formula is C4H8N4. The summed E-state index contributed by atoms with van der Waals surface area (Å²) in [6.45, 7) is 0. The van der Waals surface area contributed by atoms with E-state index in [1.165, 1.54) is 0 Å². The number of nitrogens with zero attached hydrogens (tertiary/aromatic N) is 2. The normalized spacial score (nSPS) is 10.4. The minimum atomic E-state index is 0.285. The van der Waals surface area contributed by atoms with E-state index >= 15 is 0 Å². The number of nitriles is 1. The lowest BCUT2D eigenvalue weighted by molar-refractivity contribution is 0.771. The summed E-state index contributed by atoms with van der Waals surface area (Å²) >= 11 is 0. The van der Waals surface area contributed by atoms with Gasteiger partial charge in [0, 0.05) is 14.1 Å². The second-order valence-corrected chi connectivity index (χ2v) is 1.06. The van der Waals surface area contributed by atoms with Gasteiger partial charge in [0.2, 0.25) is 5.84 Å². The number of amidine groups is 1. The van der Waals surface area contributed by atoms with Crippen LogP contribution in [0.2, 0.25) is 0 Å². The molecule has 0 bridgehead atoms. The molecule has 0 rings (SSSR count). The van der Waals surface area contributed by atoms with Gasteiger partial charge in [-0.1, -0.05) is 0 Å². The molecule has 0 amide bonds. The van der Waals surface area contributed by atoms with Gasteiger partial charge in [-0.15, -0.1) is 0 Å². The molecule has 0 unspecified atom stereocenters. The van der Waals surface area contributed by atoms with E-state index in [2.05, 4.69) is 15.8 Å². The summed E-state index contributed by atoms with van der Waals surface area (Å²) in [7, 11) is 3.21. The van der Waals surface area contributed by atoms with Crippen LogP contribution in [-0.2, 0) is 0 Å². The predicted molar refractivity (Wildman–Crippen MR) is 31.2 cm³/mol. The van der Waals surface area contributed by atoms with Crippen molar-refractivity contribution in [2.24, 2.45) is 4.99 Å². The van der Waals surface area contributed by atoms with Crippen molar-refractivity contribution in [2.45, 2.75) is 0 Å². The third-order valence-corrected chi connectivity index (χ3v) is 0.573. The zero-order valence-electron chi connectivity index (χ0n) is 4.89. The van der Waals surface area contributed by atoms with Crippen LogP contribution in [0.4, 0.5) is 0 Å². The minimum Gasteiger partial charge on any atom is -0.297 e. The Morgan fingerprint density at radius 3 is 2.50 bits per heavy atom. The summed E-state index contributed by atoms with van der Waals surface area (Å²) in [5.74, 6) is 0.285. The quantitative estimate of drug-likeness (QED) is 0.267. The Kier molecular flexibility index (Phi) is 3.54. The van der Waals surface area contributed by atoms with E-state index in [-0.39, 0.29) is 5.84 Å². The Morgan fingerprint density at radius 1 is 1.75 bits per heavy atom. The van der Waals surface area contributed by atoms with Gasteiger partial charge in [-0.25, -0.2) is 5.43 Å². The molecule has 2 N–H and O–H groups in total. The van der Waals surface area contributed by atoms with E-state index in [9.17, 15) is 0 Å². The lowest BCUT2D eigenvalue weighted by atomic mass is 10.7. The molecule has 0 aliphatic heterocycles. The highest BCUT2D eigenvalue weighted by Crippen LogP contribution is 1.60. The first-order valence-corrected chi connectivity index (χ1v) is 2.14. The maximum atomic E-state index is 8.17. The minimum absolute atomic E-state index is 0.285. The van der Waals surface area contributed by atoms with E-state index in [0.717, 1.165) is 0 Å². The van der Waals surface area contributed by atoms with E-state index < -0.39 is 0 Å². The van der Waals surface area contributed by atoms with Crippen molar-refractivity contribution in [1.82, 2.24) is 10.9 Å². The van der Waals surface area contributed by atoms with E-state index in [0.29, 0.717) is 0 Å². The average Bonchev–Trinajstić information content (AvgIpc) is 1.83. The predicted octanol–water partition coefficient (Wildman–Crippen LogP) is -0.738. The standard InChI is InChI=1S/C4H8N4/c1-6-4(3-5)8-7-2/h7H,1-2H3,(H,6,8). The Morgan fingerprint density at radius 2 is 2.38 bits per heavy atom. The summed E-state index contributed by atoms with van der Waals surface area (Å²) in [6, 6.07) is 1.83. The van der Waals surface area contributed by atoms with Crippen molar-refractivity contribution in [3.8, 4) is 6.07 Å². The van der Waals surface area contributed by atoms with E-state index in [1.807, 2.05) is 6.07 Å². The third-order valence-electron chi connectivity index (χ3n) is 0.573. The van der Waals surface area contributed by atoms with Crippen LogP contribution < -0.4 is 10.9 Å². The smallest absolute Gasteiger partial charge is 0.215 e. The molecular weight excluding hydrogens is 104 g/mol. The first-order valence-electron chi connectivity index (χ1n) is 2.14. The lowest BCUT2D eigenvalue weighted by Gasteiger charge is -1.95. The maximum Gasteiger partial charge on any atom is 0.215 e. The van der Waals surface area contributed by atoms with Gasteiger partial charge in [-0.2, -0.15) is 5.26 Å². The highest BCUT2D eigenvalue weighted by molar-refractivity contribution is 5.95. The molecule has 0 aliphatic rings. The largest absolute Gasteiger partial charge is 0.297 e. The van der Waals surface area contributed by atoms with Crippen LogP contribution in [0.15, 0.2) is 4.99 Å². The van der Waals surface area contributed by atoms with Crippen LogP contribution >= 0.6 is 0 Å². The SMILES string of the molecule is CN=C(C#N)NNC. The molecule has 0 atom stereocenters. The molecule has 0 saturated carbocycles. The topological polar surface area (TPSA) is 60.2 Å². The van der Waals surface area contributed by atoms with Crippen molar-refractivity contribution < 1.29 is 0 Å². The first-order chi connectivity index (χ1) is 3.85. The van der Waals surface area contributed by atoms with Crippen molar-refractivity contribution in [3.63, 3.8) is 0 Å². The van der Waals surface area contributed by atoms with Crippen molar-refractivity contribution in [3.05, 3.63) is 0 Å². The van der Waals surface area contributed by atoms with Gasteiger partial charge in [-0.05, 0) is 0 Å². The van der Waals surface area contributed by atoms with Crippen LogP contribution in [0.25, 0.3) is 0 Å². The monoisotopic (exact) mass is 112 g/mol. The number of rotatable bonds is 1. The molecule has 44 valence electrons. The highest BCUT2D eigenvalue weighted by atomic mass is 15.4. The molecule has 4 heteroatoms. The van der Waals surface area contributed by atoms with Crippen molar-refractivity contribution in [2.75, 3.05) is 14.1 Å². The zero-order chi connectivity index (χ0) is 6.41. The number of hydrazine groups is 1. The molecule has 8 heavy (non-hydrogen) atoms. The molecule has 0 spiro atoms. The van der Waals surface area contributed by atoms with Gasteiger partial charge in [0.25, 0.3) is 0 Å². The second kappa shape index (κ2) is 4.09. The molecule has 0 radical (unpaired) electrons. The fourth-order valence-corrected chi connectivity index (χ4v) is 0.252. The number of hydrogen-bond acceptors (Lipinski definition) is 3. The van der Waals surface area contributed by atoms with E-state index in [1.54, 1.807) is 14.1 Å². The summed E-state index contributed by atoms with van der Waals surface area (Å²) in [5, 5.41) is 8.17. The average molecular weight is 112 g/mol. The van der Waals surface area contributed by atoms with Crippen LogP contribution in [0.5, 0.6) is 0 Å². The number of aliphatic imine (C=N–C) groups is 1. The maximum absolute atomic E-state index is 8.17. The van der Waals surface area contributed by atoms with Gasteiger partial charge in [0.15, 0.2) is 0 Å². The van der Waals surface area contributed by atoms with Gasteiger partial charge in [0.1, 0.15) is 6.07 Å². The van der Waals surface area contributed by atoms with Gasteiger partial charge in [0.05, 0.1) is 0 Å². The Hall–Kier alpha value is -1.08. The highest BCUT2D eigenvalue weighted by Gasteiger charge is 1.85. The van der Waals surface area contributed by atoms with Crippen molar-refractivity contribution in [1.29, 1.82) is 5.26 Å². The Balaban J connectivity index is 3.60. The van der Waals surface area contributed by atoms with Gasteiger partial charge in [-0.3, -0.25) is 10.4 Å². The summed E-state index contributed by atoms with van der Waals surface area (Å²) < 4.78 is 0. The molecule has 0 saturated heterocycles. The van der Waals surface area contributed by atoms with Crippen LogP contribution in [0, 0.1) is 11.3 Å². The zero-order valence-corrected chi connectivity index (χ0v) is 4.89. The number of nitrogens with one attached hydrogen (secondary N) is 2. The summed E-state index contributed by atoms with van der Waals surface area (Å²) in [4.78, 5) is 3.58. The molecule has 0 aromatic carbocycles.